The lowest BCUT2D eigenvalue weighted by Gasteiger charge is -2.02. The summed E-state index contributed by atoms with van der Waals surface area (Å²) < 4.78 is 0. The molecule has 0 unspecified atom stereocenters. The Hall–Kier alpha value is -1.13. The highest BCUT2D eigenvalue weighted by atomic mass is 35.5. The second-order valence-corrected chi connectivity index (χ2v) is 3.30. The lowest BCUT2D eigenvalue weighted by Crippen LogP contribution is -2.02. The zero-order valence-electron chi connectivity index (χ0n) is 7.57. The van der Waals surface area contributed by atoms with E-state index in [0.29, 0.717) is 18.5 Å². The average molecular weight is 215 g/mol. The van der Waals surface area contributed by atoms with Crippen LogP contribution in [0.4, 0.5) is 5.69 Å². The first kappa shape index (κ1) is 10.9. The minimum absolute atomic E-state index is 0.00242. The summed E-state index contributed by atoms with van der Waals surface area (Å²) in [6, 6.07) is 4.94. The van der Waals surface area contributed by atoms with Gasteiger partial charge < -0.3 is 5.73 Å². The molecule has 0 amide bonds. The number of rotatable bonds is 4. The number of nitro groups is 1. The molecule has 76 valence electrons. The Morgan fingerprint density at radius 2 is 2.21 bits per heavy atom. The molecule has 0 heterocycles. The molecule has 1 aromatic rings. The van der Waals surface area contributed by atoms with E-state index in [1.807, 2.05) is 0 Å². The van der Waals surface area contributed by atoms with Crippen molar-refractivity contribution in [2.24, 2.45) is 5.73 Å². The van der Waals surface area contributed by atoms with E-state index in [9.17, 15) is 10.1 Å². The first-order valence-corrected chi connectivity index (χ1v) is 4.66. The van der Waals surface area contributed by atoms with Crippen LogP contribution >= 0.6 is 11.6 Å². The molecule has 0 fully saturated rings. The molecule has 14 heavy (non-hydrogen) atoms. The summed E-state index contributed by atoms with van der Waals surface area (Å²) in [5.74, 6) is 0. The van der Waals surface area contributed by atoms with Gasteiger partial charge in [-0.1, -0.05) is 23.7 Å². The van der Waals surface area contributed by atoms with E-state index < -0.39 is 4.92 Å². The molecule has 0 aliphatic carbocycles. The van der Waals surface area contributed by atoms with Crippen LogP contribution in [-0.4, -0.2) is 11.5 Å². The molecule has 0 saturated heterocycles. The van der Waals surface area contributed by atoms with Crippen LogP contribution in [0, 0.1) is 10.1 Å². The molecule has 0 aliphatic heterocycles. The van der Waals surface area contributed by atoms with Gasteiger partial charge in [-0.3, -0.25) is 10.1 Å². The van der Waals surface area contributed by atoms with E-state index >= 15 is 0 Å². The first-order valence-electron chi connectivity index (χ1n) is 4.28. The van der Waals surface area contributed by atoms with Crippen LogP contribution in [0.2, 0.25) is 5.02 Å². The largest absolute Gasteiger partial charge is 0.330 e. The third-order valence-corrected chi connectivity index (χ3v) is 2.21. The molecule has 0 spiro atoms. The van der Waals surface area contributed by atoms with Crippen molar-refractivity contribution in [2.75, 3.05) is 6.54 Å². The predicted octanol–water partition coefficient (Wildman–Crippen LogP) is 2.14. The topological polar surface area (TPSA) is 69.2 Å². The molecule has 0 bridgehead atoms. The van der Waals surface area contributed by atoms with Crippen LogP contribution < -0.4 is 5.73 Å². The van der Waals surface area contributed by atoms with Crippen molar-refractivity contribution >= 4 is 17.3 Å². The van der Waals surface area contributed by atoms with E-state index in [1.165, 1.54) is 6.07 Å². The molecule has 2 N–H and O–H groups in total. The summed E-state index contributed by atoms with van der Waals surface area (Å²) in [5, 5.41) is 10.9. The second-order valence-electron chi connectivity index (χ2n) is 2.90. The summed E-state index contributed by atoms with van der Waals surface area (Å²) in [4.78, 5) is 10.2. The second kappa shape index (κ2) is 4.93. The summed E-state index contributed by atoms with van der Waals surface area (Å²) >= 11 is 5.73. The van der Waals surface area contributed by atoms with Crippen molar-refractivity contribution in [3.8, 4) is 0 Å². The van der Waals surface area contributed by atoms with Gasteiger partial charge >= 0.3 is 0 Å². The molecule has 4 nitrogen and oxygen atoms in total. The van der Waals surface area contributed by atoms with Gasteiger partial charge in [0.05, 0.1) is 4.92 Å². The fourth-order valence-corrected chi connectivity index (χ4v) is 1.52. The quantitative estimate of drug-likeness (QED) is 0.617. The number of hydrogen-bond acceptors (Lipinski definition) is 3. The number of nitrogens with two attached hydrogens (primary N) is 1. The van der Waals surface area contributed by atoms with Gasteiger partial charge in [0.2, 0.25) is 0 Å². The number of aryl methyl sites for hydroxylation is 1. The van der Waals surface area contributed by atoms with Crippen molar-refractivity contribution in [1.29, 1.82) is 0 Å². The van der Waals surface area contributed by atoms with E-state index in [0.717, 1.165) is 6.42 Å². The molecule has 1 rings (SSSR count). The molecule has 5 heteroatoms. The number of nitrogens with zero attached hydrogens (tertiary/aromatic N) is 1. The lowest BCUT2D eigenvalue weighted by molar-refractivity contribution is -0.385. The normalized spacial score (nSPS) is 10.1. The van der Waals surface area contributed by atoms with Crippen molar-refractivity contribution in [3.05, 3.63) is 38.9 Å². The highest BCUT2D eigenvalue weighted by molar-refractivity contribution is 6.32. The third-order valence-electron chi connectivity index (χ3n) is 1.90. The third kappa shape index (κ3) is 2.43. The fraction of sp³-hybridized carbons (Fsp3) is 0.333. The molecular weight excluding hydrogens is 204 g/mol. The van der Waals surface area contributed by atoms with Gasteiger partial charge in [-0.2, -0.15) is 0 Å². The zero-order chi connectivity index (χ0) is 10.6. The van der Waals surface area contributed by atoms with Crippen LogP contribution in [0.25, 0.3) is 0 Å². The maximum absolute atomic E-state index is 10.7. The number of halogens is 1. The van der Waals surface area contributed by atoms with E-state index in [4.69, 9.17) is 17.3 Å². The average Bonchev–Trinajstić information content (AvgIpc) is 2.14. The van der Waals surface area contributed by atoms with Crippen molar-refractivity contribution in [1.82, 2.24) is 0 Å². The molecule has 0 saturated carbocycles. The molecule has 0 atom stereocenters. The number of nitro benzene ring substituents is 1. The Kier molecular flexibility index (Phi) is 3.85. The Morgan fingerprint density at radius 3 is 2.79 bits per heavy atom. The molecule has 0 radical (unpaired) electrons. The Morgan fingerprint density at radius 1 is 1.50 bits per heavy atom. The molecule has 0 aliphatic rings. The Bertz CT molecular complexity index is 342. The number of para-hydroxylation sites is 1. The van der Waals surface area contributed by atoms with Crippen LogP contribution in [0.1, 0.15) is 12.0 Å². The van der Waals surface area contributed by atoms with Crippen LogP contribution in [0.5, 0.6) is 0 Å². The van der Waals surface area contributed by atoms with Crippen molar-refractivity contribution in [3.63, 3.8) is 0 Å². The highest BCUT2D eigenvalue weighted by Gasteiger charge is 2.17. The summed E-state index contributed by atoms with van der Waals surface area (Å²) in [6.07, 6.45) is 1.31. The summed E-state index contributed by atoms with van der Waals surface area (Å²) in [6.45, 7) is 0.518. The molecule has 0 aromatic heterocycles. The van der Waals surface area contributed by atoms with E-state index in [2.05, 4.69) is 0 Å². The predicted molar refractivity (Wildman–Crippen MR) is 55.5 cm³/mol. The fourth-order valence-electron chi connectivity index (χ4n) is 1.26. The SMILES string of the molecule is NCCCc1cccc(Cl)c1[N+](=O)[O-]. The number of hydrogen-bond donors (Lipinski definition) is 1. The minimum Gasteiger partial charge on any atom is -0.330 e. The van der Waals surface area contributed by atoms with Crippen LogP contribution in [-0.2, 0) is 6.42 Å². The van der Waals surface area contributed by atoms with Crippen LogP contribution in [0.3, 0.4) is 0 Å². The van der Waals surface area contributed by atoms with Crippen LogP contribution in [0.15, 0.2) is 18.2 Å². The Balaban J connectivity index is 3.02. The standard InChI is InChI=1S/C9H11ClN2O2/c10-8-5-1-3-7(4-2-6-11)9(8)12(13)14/h1,3,5H,2,4,6,11H2. The van der Waals surface area contributed by atoms with Crippen molar-refractivity contribution < 1.29 is 4.92 Å². The maximum atomic E-state index is 10.7. The monoisotopic (exact) mass is 214 g/mol. The maximum Gasteiger partial charge on any atom is 0.291 e. The van der Waals surface area contributed by atoms with Gasteiger partial charge in [0.15, 0.2) is 0 Å². The molecular formula is C9H11ClN2O2. The van der Waals surface area contributed by atoms with Gasteiger partial charge in [-0.15, -0.1) is 0 Å². The molecule has 1 aromatic carbocycles. The summed E-state index contributed by atoms with van der Waals surface area (Å²) in [5.41, 5.74) is 5.99. The minimum atomic E-state index is -0.450. The van der Waals surface area contributed by atoms with Gasteiger partial charge in [0, 0.05) is 5.56 Å². The number of benzene rings is 1. The van der Waals surface area contributed by atoms with E-state index in [-0.39, 0.29) is 10.7 Å². The van der Waals surface area contributed by atoms with Crippen molar-refractivity contribution in [2.45, 2.75) is 12.8 Å². The van der Waals surface area contributed by atoms with Gasteiger partial charge in [0.25, 0.3) is 5.69 Å². The summed E-state index contributed by atoms with van der Waals surface area (Å²) in [7, 11) is 0. The highest BCUT2D eigenvalue weighted by Crippen LogP contribution is 2.28. The van der Waals surface area contributed by atoms with Gasteiger partial charge in [-0.25, -0.2) is 0 Å². The van der Waals surface area contributed by atoms with Gasteiger partial charge in [-0.05, 0) is 25.5 Å². The van der Waals surface area contributed by atoms with Gasteiger partial charge in [0.1, 0.15) is 5.02 Å². The zero-order valence-corrected chi connectivity index (χ0v) is 8.33. The Labute approximate surface area is 86.8 Å². The first-order chi connectivity index (χ1) is 6.66. The van der Waals surface area contributed by atoms with E-state index in [1.54, 1.807) is 12.1 Å². The smallest absolute Gasteiger partial charge is 0.291 e. The lowest BCUT2D eigenvalue weighted by atomic mass is 10.1.